The average Bonchev–Trinajstić information content (AvgIpc) is 2.44. The Morgan fingerprint density at radius 1 is 1.45 bits per heavy atom. The Labute approximate surface area is 69.9 Å². The Morgan fingerprint density at radius 3 is 2.45 bits per heavy atom. The highest BCUT2D eigenvalue weighted by Crippen LogP contribution is 2.46. The number of hydrogen-bond acceptors (Lipinski definition) is 1. The Hall–Kier alpha value is -0.500. The van der Waals surface area contributed by atoms with Crippen LogP contribution < -0.4 is 0 Å². The molecule has 1 N–H and O–H groups in total. The molecule has 2 bridgehead atoms. The Kier molecular flexibility index (Phi) is 1.46. The lowest BCUT2D eigenvalue weighted by atomic mass is 9.93. The molecule has 2 aliphatic rings. The molecule has 60 valence electrons. The molecule has 0 saturated heterocycles. The van der Waals surface area contributed by atoms with Crippen LogP contribution in [0.15, 0.2) is 12.2 Å². The van der Waals surface area contributed by atoms with Gasteiger partial charge in [-0.3, -0.25) is 4.79 Å². The summed E-state index contributed by atoms with van der Waals surface area (Å²) in [6.07, 6.45) is 4.97. The van der Waals surface area contributed by atoms with Crippen molar-refractivity contribution >= 4 is 17.6 Å². The maximum absolute atomic E-state index is 10.7. The van der Waals surface area contributed by atoms with E-state index in [1.54, 1.807) is 0 Å². The van der Waals surface area contributed by atoms with E-state index in [2.05, 4.69) is 0 Å². The van der Waals surface area contributed by atoms with Gasteiger partial charge in [0.05, 0.1) is 11.3 Å². The third-order valence-electron chi connectivity index (χ3n) is 2.65. The highest BCUT2D eigenvalue weighted by molar-refractivity contribution is 6.22. The molecule has 2 rings (SSSR count). The number of alkyl halides is 1. The molecule has 0 heterocycles. The van der Waals surface area contributed by atoms with Crippen LogP contribution in [0.1, 0.15) is 6.42 Å². The average molecular weight is 173 g/mol. The van der Waals surface area contributed by atoms with Gasteiger partial charge < -0.3 is 5.11 Å². The SMILES string of the molecule is O=C(O)[C@H]1[C@H](Cl)[C@H]2C=C[C@@H]1C2. The van der Waals surface area contributed by atoms with Crippen LogP contribution in [0.3, 0.4) is 0 Å². The van der Waals surface area contributed by atoms with Crippen molar-refractivity contribution in [2.24, 2.45) is 17.8 Å². The maximum Gasteiger partial charge on any atom is 0.308 e. The number of fused-ring (bicyclic) bond motifs is 2. The van der Waals surface area contributed by atoms with Gasteiger partial charge in [-0.1, -0.05) is 12.2 Å². The van der Waals surface area contributed by atoms with Gasteiger partial charge >= 0.3 is 5.97 Å². The number of aliphatic carboxylic acids is 1. The highest BCUT2D eigenvalue weighted by Gasteiger charge is 2.47. The first kappa shape index (κ1) is 7.17. The molecule has 0 radical (unpaired) electrons. The van der Waals surface area contributed by atoms with E-state index in [0.29, 0.717) is 5.92 Å². The van der Waals surface area contributed by atoms with E-state index in [1.807, 2.05) is 12.2 Å². The van der Waals surface area contributed by atoms with Crippen molar-refractivity contribution in [3.05, 3.63) is 12.2 Å². The molecule has 0 aromatic heterocycles. The van der Waals surface area contributed by atoms with E-state index < -0.39 is 5.97 Å². The van der Waals surface area contributed by atoms with Gasteiger partial charge in [0.2, 0.25) is 0 Å². The molecule has 0 amide bonds. The minimum atomic E-state index is -0.748. The summed E-state index contributed by atoms with van der Waals surface area (Å²) in [7, 11) is 0. The number of hydrogen-bond donors (Lipinski definition) is 1. The number of carbonyl (C=O) groups is 1. The molecule has 2 aliphatic carbocycles. The van der Waals surface area contributed by atoms with Crippen LogP contribution in [0.5, 0.6) is 0 Å². The van der Waals surface area contributed by atoms with Crippen molar-refractivity contribution < 1.29 is 9.90 Å². The molecule has 0 aromatic carbocycles. The van der Waals surface area contributed by atoms with Crippen LogP contribution in [-0.2, 0) is 4.79 Å². The van der Waals surface area contributed by atoms with E-state index >= 15 is 0 Å². The van der Waals surface area contributed by atoms with Crippen molar-refractivity contribution in [3.63, 3.8) is 0 Å². The van der Waals surface area contributed by atoms with Crippen LogP contribution in [0.4, 0.5) is 0 Å². The van der Waals surface area contributed by atoms with E-state index in [9.17, 15) is 4.79 Å². The third kappa shape index (κ3) is 0.890. The lowest BCUT2D eigenvalue weighted by molar-refractivity contribution is -0.142. The molecule has 0 unspecified atom stereocenters. The summed E-state index contributed by atoms with van der Waals surface area (Å²) in [5.41, 5.74) is 0. The molecular weight excluding hydrogens is 164 g/mol. The van der Waals surface area contributed by atoms with Crippen molar-refractivity contribution in [1.82, 2.24) is 0 Å². The van der Waals surface area contributed by atoms with E-state index in [1.165, 1.54) is 0 Å². The number of allylic oxidation sites excluding steroid dienone is 2. The molecule has 1 fully saturated rings. The van der Waals surface area contributed by atoms with Gasteiger partial charge in [-0.2, -0.15) is 0 Å². The zero-order valence-electron chi connectivity index (χ0n) is 5.90. The van der Waals surface area contributed by atoms with Gasteiger partial charge in [0.25, 0.3) is 0 Å². The standard InChI is InChI=1S/C8H9ClO2/c9-7-5-2-1-4(3-5)6(7)8(10)11/h1-2,4-7H,3H2,(H,10,11)/t4-,5+,6-,7-/m1/s1. The van der Waals surface area contributed by atoms with Crippen LogP contribution in [0.25, 0.3) is 0 Å². The molecule has 2 nitrogen and oxygen atoms in total. The minimum Gasteiger partial charge on any atom is -0.481 e. The predicted molar refractivity (Wildman–Crippen MR) is 41.5 cm³/mol. The van der Waals surface area contributed by atoms with Crippen LogP contribution in [-0.4, -0.2) is 16.5 Å². The van der Waals surface area contributed by atoms with E-state index in [4.69, 9.17) is 16.7 Å². The van der Waals surface area contributed by atoms with Gasteiger partial charge in [0.15, 0.2) is 0 Å². The van der Waals surface area contributed by atoms with Gasteiger partial charge in [-0.15, -0.1) is 11.6 Å². The van der Waals surface area contributed by atoms with Crippen molar-refractivity contribution in [1.29, 1.82) is 0 Å². The zero-order chi connectivity index (χ0) is 8.01. The molecule has 1 saturated carbocycles. The molecule has 4 atom stereocenters. The van der Waals surface area contributed by atoms with Crippen LogP contribution in [0, 0.1) is 17.8 Å². The maximum atomic E-state index is 10.7. The number of rotatable bonds is 1. The number of carboxylic acid groups (broad SMARTS) is 1. The highest BCUT2D eigenvalue weighted by atomic mass is 35.5. The molecule has 0 aromatic rings. The molecular formula is C8H9ClO2. The van der Waals surface area contributed by atoms with Gasteiger partial charge in [-0.25, -0.2) is 0 Å². The van der Waals surface area contributed by atoms with Gasteiger partial charge in [-0.05, 0) is 18.3 Å². The predicted octanol–water partition coefficient (Wildman–Crippen LogP) is 1.50. The Bertz CT molecular complexity index is 224. The summed E-state index contributed by atoms with van der Waals surface area (Å²) in [5, 5.41) is 8.61. The fourth-order valence-corrected chi connectivity index (χ4v) is 2.56. The minimum absolute atomic E-state index is 0.178. The molecule has 0 spiro atoms. The smallest absolute Gasteiger partial charge is 0.308 e. The lowest BCUT2D eigenvalue weighted by Gasteiger charge is -2.17. The van der Waals surface area contributed by atoms with Crippen LogP contribution in [0.2, 0.25) is 0 Å². The zero-order valence-corrected chi connectivity index (χ0v) is 6.66. The van der Waals surface area contributed by atoms with Crippen molar-refractivity contribution in [2.45, 2.75) is 11.8 Å². The number of halogens is 1. The fourth-order valence-electron chi connectivity index (χ4n) is 2.08. The third-order valence-corrected chi connectivity index (χ3v) is 3.24. The summed E-state index contributed by atoms with van der Waals surface area (Å²) < 4.78 is 0. The van der Waals surface area contributed by atoms with Crippen molar-refractivity contribution in [3.8, 4) is 0 Å². The van der Waals surface area contributed by atoms with E-state index in [-0.39, 0.29) is 17.2 Å². The second-order valence-electron chi connectivity index (χ2n) is 3.26. The molecule has 3 heteroatoms. The first-order chi connectivity index (χ1) is 5.20. The lowest BCUT2D eigenvalue weighted by Crippen LogP contribution is -2.27. The summed E-state index contributed by atoms with van der Waals surface area (Å²) in [6, 6.07) is 0. The van der Waals surface area contributed by atoms with Gasteiger partial charge in [0, 0.05) is 0 Å². The Morgan fingerprint density at radius 2 is 2.09 bits per heavy atom. The molecule has 11 heavy (non-hydrogen) atoms. The van der Waals surface area contributed by atoms with E-state index in [0.717, 1.165) is 6.42 Å². The molecule has 0 aliphatic heterocycles. The first-order valence-corrected chi connectivity index (χ1v) is 4.19. The monoisotopic (exact) mass is 172 g/mol. The fraction of sp³-hybridized carbons (Fsp3) is 0.625. The van der Waals surface area contributed by atoms with Gasteiger partial charge in [0.1, 0.15) is 0 Å². The summed E-state index contributed by atoms with van der Waals surface area (Å²) >= 11 is 5.94. The quantitative estimate of drug-likeness (QED) is 0.481. The Balaban J connectivity index is 2.25. The topological polar surface area (TPSA) is 37.3 Å². The second-order valence-corrected chi connectivity index (χ2v) is 3.76. The summed E-state index contributed by atoms with van der Waals surface area (Å²) in [6.45, 7) is 0. The first-order valence-electron chi connectivity index (χ1n) is 3.75. The van der Waals surface area contributed by atoms with Crippen LogP contribution >= 0.6 is 11.6 Å². The number of carboxylic acids is 1. The second kappa shape index (κ2) is 2.24. The summed E-state index contributed by atoms with van der Waals surface area (Å²) in [4.78, 5) is 10.7. The normalized spacial score (nSPS) is 46.6. The van der Waals surface area contributed by atoms with Crippen molar-refractivity contribution in [2.75, 3.05) is 0 Å². The summed E-state index contributed by atoms with van der Waals surface area (Å²) in [5.74, 6) is -0.587. The largest absolute Gasteiger partial charge is 0.481 e.